The molecule has 3 N–H and O–H groups in total. The van der Waals surface area contributed by atoms with Crippen molar-refractivity contribution >= 4 is 17.1 Å². The number of nitrogen functional groups attached to an aromatic ring is 1. The van der Waals surface area contributed by atoms with E-state index in [1.165, 1.54) is 0 Å². The Morgan fingerprint density at radius 3 is 2.75 bits per heavy atom. The monoisotopic (exact) mass is 277 g/mol. The molecule has 6 nitrogen and oxygen atoms in total. The Balaban J connectivity index is 2.31. The summed E-state index contributed by atoms with van der Waals surface area (Å²) in [4.78, 5) is 22.6. The Labute approximate surface area is 118 Å². The van der Waals surface area contributed by atoms with Crippen molar-refractivity contribution in [1.29, 1.82) is 0 Å². The van der Waals surface area contributed by atoms with E-state index in [1.807, 2.05) is 4.57 Å². The van der Waals surface area contributed by atoms with Crippen LogP contribution in [0.4, 0.5) is 5.95 Å². The molecular formula is C14H23N5O. The number of H-pyrrole nitrogens is 1. The molecule has 6 heteroatoms. The topological polar surface area (TPSA) is 89.6 Å². The second-order valence-corrected chi connectivity index (χ2v) is 6.56. The van der Waals surface area contributed by atoms with Gasteiger partial charge in [0.1, 0.15) is 0 Å². The lowest BCUT2D eigenvalue weighted by Crippen LogP contribution is -2.18. The molecule has 0 radical (unpaired) electrons. The van der Waals surface area contributed by atoms with E-state index >= 15 is 0 Å². The molecular weight excluding hydrogens is 254 g/mol. The average molecular weight is 277 g/mol. The van der Waals surface area contributed by atoms with Crippen LogP contribution in [0, 0.1) is 11.3 Å². The van der Waals surface area contributed by atoms with Gasteiger partial charge in [0.25, 0.3) is 5.56 Å². The number of anilines is 1. The summed E-state index contributed by atoms with van der Waals surface area (Å²) in [7, 11) is 0. The van der Waals surface area contributed by atoms with Gasteiger partial charge in [-0.2, -0.15) is 4.98 Å². The number of aromatic nitrogens is 4. The first-order valence-electron chi connectivity index (χ1n) is 7.01. The number of nitrogens with one attached hydrogen (secondary N) is 1. The molecule has 0 spiro atoms. The molecule has 0 unspecified atom stereocenters. The number of rotatable bonds is 4. The molecule has 0 saturated heterocycles. The van der Waals surface area contributed by atoms with Crippen molar-refractivity contribution in [2.75, 3.05) is 5.73 Å². The van der Waals surface area contributed by atoms with Crippen LogP contribution in [0.3, 0.4) is 0 Å². The first-order chi connectivity index (χ1) is 9.30. The molecule has 0 amide bonds. The molecule has 2 heterocycles. The third-order valence-corrected chi connectivity index (χ3v) is 3.43. The van der Waals surface area contributed by atoms with Gasteiger partial charge in [0.05, 0.1) is 6.33 Å². The summed E-state index contributed by atoms with van der Waals surface area (Å²) in [6.45, 7) is 9.71. The van der Waals surface area contributed by atoms with Crippen LogP contribution < -0.4 is 11.3 Å². The quantitative estimate of drug-likeness (QED) is 0.896. The van der Waals surface area contributed by atoms with Gasteiger partial charge in [0.15, 0.2) is 11.2 Å². The van der Waals surface area contributed by atoms with E-state index in [2.05, 4.69) is 42.6 Å². The van der Waals surface area contributed by atoms with Gasteiger partial charge in [0, 0.05) is 6.54 Å². The van der Waals surface area contributed by atoms with Crippen LogP contribution in [0.5, 0.6) is 0 Å². The van der Waals surface area contributed by atoms with Crippen molar-refractivity contribution in [3.8, 4) is 0 Å². The Hall–Kier alpha value is -1.85. The summed E-state index contributed by atoms with van der Waals surface area (Å²) in [5.41, 5.74) is 6.53. The third-order valence-electron chi connectivity index (χ3n) is 3.43. The van der Waals surface area contributed by atoms with Gasteiger partial charge in [-0.15, -0.1) is 0 Å². The maximum absolute atomic E-state index is 11.7. The van der Waals surface area contributed by atoms with Crippen molar-refractivity contribution in [2.24, 2.45) is 11.3 Å². The molecule has 2 rings (SSSR count). The highest BCUT2D eigenvalue weighted by atomic mass is 16.1. The maximum Gasteiger partial charge on any atom is 0.280 e. The van der Waals surface area contributed by atoms with Gasteiger partial charge >= 0.3 is 0 Å². The lowest BCUT2D eigenvalue weighted by Gasteiger charge is -2.25. The largest absolute Gasteiger partial charge is 0.369 e. The minimum atomic E-state index is -0.282. The number of hydrogen-bond donors (Lipinski definition) is 2. The van der Waals surface area contributed by atoms with Crippen LogP contribution in [0.1, 0.15) is 40.5 Å². The molecule has 0 aromatic carbocycles. The van der Waals surface area contributed by atoms with Crippen LogP contribution >= 0.6 is 0 Å². The van der Waals surface area contributed by atoms with Gasteiger partial charge < -0.3 is 10.3 Å². The van der Waals surface area contributed by atoms with Crippen LogP contribution in [0.2, 0.25) is 0 Å². The van der Waals surface area contributed by atoms with E-state index in [-0.39, 0.29) is 16.9 Å². The van der Waals surface area contributed by atoms with E-state index in [0.29, 0.717) is 17.1 Å². The van der Waals surface area contributed by atoms with E-state index in [9.17, 15) is 4.79 Å². The van der Waals surface area contributed by atoms with Gasteiger partial charge in [-0.3, -0.25) is 9.78 Å². The minimum Gasteiger partial charge on any atom is -0.369 e. The Morgan fingerprint density at radius 1 is 1.45 bits per heavy atom. The fraction of sp³-hybridized carbons (Fsp3) is 0.643. The molecule has 2 aromatic rings. The van der Waals surface area contributed by atoms with Gasteiger partial charge in [0.2, 0.25) is 5.95 Å². The lowest BCUT2D eigenvalue weighted by atomic mass is 9.83. The normalized spacial score (nSPS) is 13.8. The molecule has 1 atom stereocenters. The highest BCUT2D eigenvalue weighted by molar-refractivity contribution is 5.70. The molecule has 110 valence electrons. The molecule has 0 aliphatic heterocycles. The molecule has 0 fully saturated rings. The second-order valence-electron chi connectivity index (χ2n) is 6.56. The lowest BCUT2D eigenvalue weighted by molar-refractivity contribution is 0.266. The van der Waals surface area contributed by atoms with E-state index < -0.39 is 0 Å². The number of hydrogen-bond acceptors (Lipinski definition) is 4. The summed E-state index contributed by atoms with van der Waals surface area (Å²) in [6, 6.07) is 0. The Bertz CT molecular complexity index is 650. The van der Waals surface area contributed by atoms with Crippen LogP contribution in [0.25, 0.3) is 11.2 Å². The summed E-state index contributed by atoms with van der Waals surface area (Å²) < 4.78 is 1.93. The zero-order valence-electron chi connectivity index (χ0n) is 12.6. The van der Waals surface area contributed by atoms with Gasteiger partial charge in [-0.1, -0.05) is 34.1 Å². The third kappa shape index (κ3) is 3.18. The SMILES string of the molecule is CC[C@@H](Cn1cnc2c(=O)[nH]c(N)nc21)CC(C)(C)C. The Morgan fingerprint density at radius 2 is 2.15 bits per heavy atom. The number of imidazole rings is 1. The zero-order valence-corrected chi connectivity index (χ0v) is 12.6. The highest BCUT2D eigenvalue weighted by Crippen LogP contribution is 2.27. The van der Waals surface area contributed by atoms with Crippen molar-refractivity contribution < 1.29 is 0 Å². The van der Waals surface area contributed by atoms with Crippen molar-refractivity contribution in [2.45, 2.75) is 47.1 Å². The molecule has 0 bridgehead atoms. The number of aromatic amines is 1. The highest BCUT2D eigenvalue weighted by Gasteiger charge is 2.19. The van der Waals surface area contributed by atoms with Crippen LogP contribution in [-0.4, -0.2) is 19.5 Å². The molecule has 2 aromatic heterocycles. The summed E-state index contributed by atoms with van der Waals surface area (Å²) in [6.07, 6.45) is 3.87. The summed E-state index contributed by atoms with van der Waals surface area (Å²) in [5, 5.41) is 0. The fourth-order valence-corrected chi connectivity index (χ4v) is 2.59. The molecule has 20 heavy (non-hydrogen) atoms. The first kappa shape index (κ1) is 14.6. The predicted octanol–water partition coefficient (Wildman–Crippen LogP) is 2.16. The second kappa shape index (κ2) is 5.26. The van der Waals surface area contributed by atoms with Crippen molar-refractivity contribution in [1.82, 2.24) is 19.5 Å². The molecule has 0 aliphatic carbocycles. The van der Waals surface area contributed by atoms with Crippen molar-refractivity contribution in [3.63, 3.8) is 0 Å². The van der Waals surface area contributed by atoms with Crippen LogP contribution in [0.15, 0.2) is 11.1 Å². The minimum absolute atomic E-state index is 0.133. The smallest absolute Gasteiger partial charge is 0.280 e. The van der Waals surface area contributed by atoms with E-state index in [4.69, 9.17) is 5.73 Å². The van der Waals surface area contributed by atoms with Crippen LogP contribution in [-0.2, 0) is 6.54 Å². The maximum atomic E-state index is 11.7. The molecule has 0 aliphatic rings. The van der Waals surface area contributed by atoms with E-state index in [1.54, 1.807) is 6.33 Å². The van der Waals surface area contributed by atoms with Gasteiger partial charge in [-0.25, -0.2) is 4.98 Å². The fourth-order valence-electron chi connectivity index (χ4n) is 2.59. The Kier molecular flexibility index (Phi) is 3.83. The summed E-state index contributed by atoms with van der Waals surface area (Å²) in [5.74, 6) is 0.655. The summed E-state index contributed by atoms with van der Waals surface area (Å²) >= 11 is 0. The zero-order chi connectivity index (χ0) is 14.9. The number of fused-ring (bicyclic) bond motifs is 1. The standard InChI is InChI=1S/C14H23N5O/c1-5-9(6-14(2,3)4)7-19-8-16-10-11(19)17-13(15)18-12(10)20/h8-9H,5-7H2,1-4H3,(H3,15,17,18,20)/t9-/m1/s1. The number of nitrogens with two attached hydrogens (primary N) is 1. The van der Waals surface area contributed by atoms with Crippen molar-refractivity contribution in [3.05, 3.63) is 16.7 Å². The molecule has 0 saturated carbocycles. The number of nitrogens with zero attached hydrogens (tertiary/aromatic N) is 3. The predicted molar refractivity (Wildman–Crippen MR) is 80.4 cm³/mol. The average Bonchev–Trinajstić information content (AvgIpc) is 2.70. The first-order valence-corrected chi connectivity index (χ1v) is 7.01. The van der Waals surface area contributed by atoms with E-state index in [0.717, 1.165) is 19.4 Å². The van der Waals surface area contributed by atoms with Gasteiger partial charge in [-0.05, 0) is 17.8 Å².